The van der Waals surface area contributed by atoms with Gasteiger partial charge in [-0.1, -0.05) is 24.4 Å². The number of carbonyl (C=O) groups excluding carboxylic acids is 1. The summed E-state index contributed by atoms with van der Waals surface area (Å²) in [6.45, 7) is 6.18. The van der Waals surface area contributed by atoms with Crippen LogP contribution >= 0.6 is 12.2 Å². The number of amides is 1. The van der Waals surface area contributed by atoms with E-state index in [0.29, 0.717) is 16.1 Å². The normalized spacial score (nSPS) is 17.2. The second-order valence-corrected chi connectivity index (χ2v) is 5.67. The lowest BCUT2D eigenvalue weighted by atomic mass is 10.1. The Kier molecular flexibility index (Phi) is 5.67. The minimum Gasteiger partial charge on any atom is -0.389 e. The minimum atomic E-state index is -0.103. The van der Waals surface area contributed by atoms with Crippen LogP contribution in [-0.4, -0.2) is 54.7 Å². The second-order valence-electron chi connectivity index (χ2n) is 5.23. The number of nitrogens with two attached hydrogens (primary N) is 1. The van der Waals surface area contributed by atoms with Gasteiger partial charge in [-0.25, -0.2) is 0 Å². The molecule has 3 N–H and O–H groups in total. The summed E-state index contributed by atoms with van der Waals surface area (Å²) in [7, 11) is 0. The first kappa shape index (κ1) is 15.9. The molecule has 0 radical (unpaired) electrons. The minimum absolute atomic E-state index is 0.0732. The van der Waals surface area contributed by atoms with Gasteiger partial charge in [-0.3, -0.25) is 9.69 Å². The number of rotatable bonds is 5. The number of ether oxygens (including phenoxy) is 1. The summed E-state index contributed by atoms with van der Waals surface area (Å²) in [5.41, 5.74) is 6.87. The number of carbonyl (C=O) groups is 1. The third-order valence-electron chi connectivity index (χ3n) is 3.42. The summed E-state index contributed by atoms with van der Waals surface area (Å²) in [5, 5.41) is 3.00. The molecule has 6 heteroatoms. The Bertz CT molecular complexity index is 515. The average molecular weight is 307 g/mol. The van der Waals surface area contributed by atoms with Gasteiger partial charge in [-0.2, -0.15) is 0 Å². The fourth-order valence-corrected chi connectivity index (χ4v) is 2.46. The Morgan fingerprint density at radius 2 is 2.10 bits per heavy atom. The third kappa shape index (κ3) is 4.77. The predicted octanol–water partition coefficient (Wildman–Crippen LogP) is 0.771. The number of hydrogen-bond acceptors (Lipinski definition) is 4. The molecule has 1 aromatic carbocycles. The smallest absolute Gasteiger partial charge is 0.251 e. The quantitative estimate of drug-likeness (QED) is 0.787. The van der Waals surface area contributed by atoms with E-state index < -0.39 is 0 Å². The van der Waals surface area contributed by atoms with Gasteiger partial charge in [0, 0.05) is 36.8 Å². The highest BCUT2D eigenvalue weighted by atomic mass is 32.1. The maximum absolute atomic E-state index is 12.2. The van der Waals surface area contributed by atoms with Crippen molar-refractivity contribution in [2.75, 3.05) is 32.8 Å². The summed E-state index contributed by atoms with van der Waals surface area (Å²) >= 11 is 4.93. The van der Waals surface area contributed by atoms with Crippen molar-refractivity contribution in [2.24, 2.45) is 5.73 Å². The van der Waals surface area contributed by atoms with Gasteiger partial charge in [0.05, 0.1) is 13.2 Å². The fourth-order valence-electron chi connectivity index (χ4n) is 2.34. The van der Waals surface area contributed by atoms with Crippen molar-refractivity contribution in [3.05, 3.63) is 35.4 Å². The van der Waals surface area contributed by atoms with E-state index >= 15 is 0 Å². The monoisotopic (exact) mass is 307 g/mol. The molecule has 0 aliphatic carbocycles. The summed E-state index contributed by atoms with van der Waals surface area (Å²) in [4.78, 5) is 14.8. The molecule has 1 aliphatic heterocycles. The molecule has 0 aromatic heterocycles. The van der Waals surface area contributed by atoms with Crippen LogP contribution in [0.25, 0.3) is 0 Å². The maximum Gasteiger partial charge on any atom is 0.251 e. The first-order valence-electron chi connectivity index (χ1n) is 7.07. The number of hydrogen-bond donors (Lipinski definition) is 2. The van der Waals surface area contributed by atoms with E-state index in [4.69, 9.17) is 22.7 Å². The van der Waals surface area contributed by atoms with Crippen LogP contribution in [0.1, 0.15) is 22.8 Å². The number of thiocarbonyl (C=S) groups is 1. The van der Waals surface area contributed by atoms with Crippen LogP contribution in [0.4, 0.5) is 0 Å². The highest BCUT2D eigenvalue weighted by Crippen LogP contribution is 2.06. The Morgan fingerprint density at radius 1 is 1.43 bits per heavy atom. The summed E-state index contributed by atoms with van der Waals surface area (Å²) in [5.74, 6) is -0.103. The molecular formula is C15H21N3O2S. The van der Waals surface area contributed by atoms with Crippen molar-refractivity contribution in [3.8, 4) is 0 Å². The third-order valence-corrected chi connectivity index (χ3v) is 3.66. The van der Waals surface area contributed by atoms with Crippen molar-refractivity contribution >= 4 is 23.1 Å². The molecule has 0 saturated carbocycles. The molecule has 1 saturated heterocycles. The SMILES string of the molecule is CC(CN1CCOCC1)NC(=O)c1cccc(C(N)=S)c1. The van der Waals surface area contributed by atoms with Gasteiger partial charge in [0.2, 0.25) is 0 Å². The van der Waals surface area contributed by atoms with E-state index in [1.165, 1.54) is 0 Å². The van der Waals surface area contributed by atoms with Crippen molar-refractivity contribution in [2.45, 2.75) is 13.0 Å². The van der Waals surface area contributed by atoms with E-state index in [-0.39, 0.29) is 11.9 Å². The Balaban J connectivity index is 1.90. The first-order chi connectivity index (χ1) is 10.1. The van der Waals surface area contributed by atoms with Crippen molar-refractivity contribution in [1.29, 1.82) is 0 Å². The number of benzene rings is 1. The molecule has 1 aliphatic rings. The number of morpholine rings is 1. The molecule has 0 bridgehead atoms. The molecular weight excluding hydrogens is 286 g/mol. The van der Waals surface area contributed by atoms with E-state index in [2.05, 4.69) is 10.2 Å². The molecule has 114 valence electrons. The lowest BCUT2D eigenvalue weighted by Crippen LogP contribution is -2.46. The van der Waals surface area contributed by atoms with Crippen LogP contribution in [-0.2, 0) is 4.74 Å². The largest absolute Gasteiger partial charge is 0.389 e. The van der Waals surface area contributed by atoms with Gasteiger partial charge in [-0.05, 0) is 19.1 Å². The van der Waals surface area contributed by atoms with E-state index in [1.54, 1.807) is 24.3 Å². The highest BCUT2D eigenvalue weighted by molar-refractivity contribution is 7.80. The lowest BCUT2D eigenvalue weighted by molar-refractivity contribution is 0.0342. The van der Waals surface area contributed by atoms with E-state index in [1.807, 2.05) is 6.92 Å². The predicted molar refractivity (Wildman–Crippen MR) is 86.5 cm³/mol. The molecule has 1 amide bonds. The molecule has 2 rings (SSSR count). The van der Waals surface area contributed by atoms with Gasteiger partial charge < -0.3 is 15.8 Å². The fraction of sp³-hybridized carbons (Fsp3) is 0.467. The number of nitrogens with one attached hydrogen (secondary N) is 1. The highest BCUT2D eigenvalue weighted by Gasteiger charge is 2.16. The molecule has 1 unspecified atom stereocenters. The van der Waals surface area contributed by atoms with Crippen LogP contribution < -0.4 is 11.1 Å². The second kappa shape index (κ2) is 7.49. The van der Waals surface area contributed by atoms with Gasteiger partial charge in [-0.15, -0.1) is 0 Å². The Hall–Kier alpha value is -1.50. The average Bonchev–Trinajstić information content (AvgIpc) is 2.48. The van der Waals surface area contributed by atoms with E-state index in [0.717, 1.165) is 32.8 Å². The van der Waals surface area contributed by atoms with Crippen LogP contribution in [0, 0.1) is 0 Å². The topological polar surface area (TPSA) is 67.6 Å². The molecule has 1 heterocycles. The summed E-state index contributed by atoms with van der Waals surface area (Å²) < 4.78 is 5.31. The maximum atomic E-state index is 12.2. The zero-order valence-electron chi connectivity index (χ0n) is 12.2. The molecule has 1 fully saturated rings. The van der Waals surface area contributed by atoms with Crippen LogP contribution in [0.3, 0.4) is 0 Å². The van der Waals surface area contributed by atoms with Crippen LogP contribution in [0.5, 0.6) is 0 Å². The molecule has 5 nitrogen and oxygen atoms in total. The van der Waals surface area contributed by atoms with E-state index in [9.17, 15) is 4.79 Å². The standard InChI is InChI=1S/C15H21N3O2S/c1-11(10-18-5-7-20-8-6-18)17-15(19)13-4-2-3-12(9-13)14(16)21/h2-4,9,11H,5-8,10H2,1H3,(H2,16,21)(H,17,19). The molecule has 1 atom stereocenters. The van der Waals surface area contributed by atoms with Crippen LogP contribution in [0.15, 0.2) is 24.3 Å². The zero-order valence-corrected chi connectivity index (χ0v) is 13.0. The summed E-state index contributed by atoms with van der Waals surface area (Å²) in [6.07, 6.45) is 0. The first-order valence-corrected chi connectivity index (χ1v) is 7.48. The Labute approximate surface area is 130 Å². The zero-order chi connectivity index (χ0) is 15.2. The van der Waals surface area contributed by atoms with Gasteiger partial charge in [0.1, 0.15) is 4.99 Å². The van der Waals surface area contributed by atoms with Gasteiger partial charge >= 0.3 is 0 Å². The van der Waals surface area contributed by atoms with Crippen LogP contribution in [0.2, 0.25) is 0 Å². The van der Waals surface area contributed by atoms with Gasteiger partial charge in [0.25, 0.3) is 5.91 Å². The summed E-state index contributed by atoms with van der Waals surface area (Å²) in [6, 6.07) is 7.15. The number of nitrogens with zero attached hydrogens (tertiary/aromatic N) is 1. The molecule has 21 heavy (non-hydrogen) atoms. The molecule has 0 spiro atoms. The Morgan fingerprint density at radius 3 is 2.76 bits per heavy atom. The van der Waals surface area contributed by atoms with Gasteiger partial charge in [0.15, 0.2) is 0 Å². The van der Waals surface area contributed by atoms with Crippen molar-refractivity contribution < 1.29 is 9.53 Å². The van der Waals surface area contributed by atoms with Crippen molar-refractivity contribution in [1.82, 2.24) is 10.2 Å². The molecule has 1 aromatic rings. The lowest BCUT2D eigenvalue weighted by Gasteiger charge is -2.29. The van der Waals surface area contributed by atoms with Crippen molar-refractivity contribution in [3.63, 3.8) is 0 Å².